The molecule has 0 bridgehead atoms. The first-order chi connectivity index (χ1) is 15.0. The minimum atomic E-state index is -0.699. The maximum absolute atomic E-state index is 13.5. The van der Waals surface area contributed by atoms with E-state index in [4.69, 9.17) is 5.26 Å². The predicted molar refractivity (Wildman–Crippen MR) is 114 cm³/mol. The van der Waals surface area contributed by atoms with Crippen LogP contribution in [0.3, 0.4) is 0 Å². The molecule has 1 N–H and O–H groups in total. The summed E-state index contributed by atoms with van der Waals surface area (Å²) >= 11 is 1.43. The molecule has 1 aromatic heterocycles. The van der Waals surface area contributed by atoms with Crippen molar-refractivity contribution in [3.05, 3.63) is 70.5 Å². The molecule has 1 unspecified atom stereocenters. The van der Waals surface area contributed by atoms with Gasteiger partial charge in [-0.1, -0.05) is 0 Å². The van der Waals surface area contributed by atoms with E-state index in [0.717, 1.165) is 10.6 Å². The summed E-state index contributed by atoms with van der Waals surface area (Å²) in [4.78, 5) is 43.7. The topological polar surface area (TPSA) is 108 Å². The average Bonchev–Trinajstić information content (AvgIpc) is 3.27. The van der Waals surface area contributed by atoms with Crippen molar-refractivity contribution in [3.8, 4) is 6.07 Å². The Morgan fingerprint density at radius 1 is 1.26 bits per heavy atom. The minimum Gasteiger partial charge on any atom is -0.324 e. The van der Waals surface area contributed by atoms with E-state index in [2.05, 4.69) is 10.3 Å². The molecule has 4 rings (SSSR count). The van der Waals surface area contributed by atoms with Gasteiger partial charge in [-0.05, 0) is 42.5 Å². The second-order valence-corrected chi connectivity index (χ2v) is 7.90. The SMILES string of the molecule is N#Cc1ccc(NC(=O)C2CSCN2C(=O)Cn2cnc3ccc(F)cc3c2=O)cc1. The lowest BCUT2D eigenvalue weighted by molar-refractivity contribution is -0.136. The van der Waals surface area contributed by atoms with E-state index in [9.17, 15) is 18.8 Å². The second-order valence-electron chi connectivity index (χ2n) is 6.90. The van der Waals surface area contributed by atoms with Crippen molar-refractivity contribution < 1.29 is 14.0 Å². The molecule has 156 valence electrons. The van der Waals surface area contributed by atoms with Crippen LogP contribution in [0.25, 0.3) is 10.9 Å². The number of thioether (sulfide) groups is 1. The molecule has 2 amide bonds. The molecular weight excluding hydrogens is 421 g/mol. The van der Waals surface area contributed by atoms with Crippen LogP contribution in [0.15, 0.2) is 53.6 Å². The fraction of sp³-hybridized carbons (Fsp3) is 0.190. The molecule has 8 nitrogen and oxygen atoms in total. The molecular formula is C21H16FN5O3S. The highest BCUT2D eigenvalue weighted by molar-refractivity contribution is 7.99. The van der Waals surface area contributed by atoms with Crippen molar-refractivity contribution in [3.63, 3.8) is 0 Å². The molecule has 0 aliphatic carbocycles. The summed E-state index contributed by atoms with van der Waals surface area (Å²) < 4.78 is 14.6. The molecule has 10 heteroatoms. The fourth-order valence-corrected chi connectivity index (χ4v) is 4.42. The number of hydrogen-bond donors (Lipinski definition) is 1. The first kappa shape index (κ1) is 20.6. The molecule has 1 fully saturated rings. The number of carbonyl (C=O) groups excluding carboxylic acids is 2. The van der Waals surface area contributed by atoms with Crippen molar-refractivity contribution in [2.24, 2.45) is 0 Å². The molecule has 3 aromatic rings. The molecule has 2 heterocycles. The monoisotopic (exact) mass is 437 g/mol. The van der Waals surface area contributed by atoms with Crippen LogP contribution in [0, 0.1) is 17.1 Å². The standard InChI is InChI=1S/C21H16FN5O3S/c22-14-3-6-17-16(7-14)21(30)26(11-24-17)9-19(28)27-12-31-10-18(27)20(29)25-15-4-1-13(8-23)2-5-15/h1-7,11,18H,9-10,12H2,(H,25,29). The number of anilines is 1. The van der Waals surface area contributed by atoms with Crippen LogP contribution in [0.1, 0.15) is 5.56 Å². The Labute approximate surface area is 180 Å². The second kappa shape index (κ2) is 8.57. The summed E-state index contributed by atoms with van der Waals surface area (Å²) in [6.07, 6.45) is 1.25. The lowest BCUT2D eigenvalue weighted by atomic mass is 10.2. The van der Waals surface area contributed by atoms with Crippen LogP contribution in [-0.4, -0.2) is 43.9 Å². The summed E-state index contributed by atoms with van der Waals surface area (Å²) in [5, 5.41) is 11.7. The maximum atomic E-state index is 13.5. The Morgan fingerprint density at radius 3 is 2.77 bits per heavy atom. The molecule has 1 aliphatic heterocycles. The van der Waals surface area contributed by atoms with Gasteiger partial charge in [0.15, 0.2) is 0 Å². The summed E-state index contributed by atoms with van der Waals surface area (Å²) in [6, 6.07) is 11.4. The normalized spacial score (nSPS) is 15.6. The smallest absolute Gasteiger partial charge is 0.261 e. The molecule has 0 saturated carbocycles. The van der Waals surface area contributed by atoms with Gasteiger partial charge in [0.2, 0.25) is 11.8 Å². The van der Waals surface area contributed by atoms with Crippen molar-refractivity contribution in [1.29, 1.82) is 5.26 Å². The Kier molecular flexibility index (Phi) is 5.68. The van der Waals surface area contributed by atoms with Gasteiger partial charge in [-0.3, -0.25) is 19.0 Å². The summed E-state index contributed by atoms with van der Waals surface area (Å²) in [5.41, 5.74) is 0.806. The lowest BCUT2D eigenvalue weighted by Crippen LogP contribution is -2.46. The van der Waals surface area contributed by atoms with E-state index < -0.39 is 23.3 Å². The molecule has 1 saturated heterocycles. The van der Waals surface area contributed by atoms with Gasteiger partial charge in [0.25, 0.3) is 5.56 Å². The van der Waals surface area contributed by atoms with E-state index in [-0.39, 0.29) is 17.8 Å². The number of nitrogens with zero attached hydrogens (tertiary/aromatic N) is 4. The van der Waals surface area contributed by atoms with Crippen molar-refractivity contribution >= 4 is 40.2 Å². The third-order valence-electron chi connectivity index (χ3n) is 4.88. The lowest BCUT2D eigenvalue weighted by Gasteiger charge is -2.23. The number of nitrogens with one attached hydrogen (secondary N) is 1. The quantitative estimate of drug-likeness (QED) is 0.668. The molecule has 2 aromatic carbocycles. The highest BCUT2D eigenvalue weighted by Crippen LogP contribution is 2.23. The number of carbonyl (C=O) groups is 2. The molecule has 1 aliphatic rings. The first-order valence-corrected chi connectivity index (χ1v) is 10.4. The summed E-state index contributed by atoms with van der Waals surface area (Å²) in [7, 11) is 0. The van der Waals surface area contributed by atoms with Gasteiger partial charge in [0, 0.05) is 11.4 Å². The number of nitriles is 1. The molecule has 31 heavy (non-hydrogen) atoms. The molecule has 0 spiro atoms. The zero-order valence-electron chi connectivity index (χ0n) is 16.1. The number of halogens is 1. The van der Waals surface area contributed by atoms with Crippen molar-refractivity contribution in [2.75, 3.05) is 16.9 Å². The van der Waals surface area contributed by atoms with Crippen LogP contribution in [0.5, 0.6) is 0 Å². The molecule has 1 atom stereocenters. The maximum Gasteiger partial charge on any atom is 0.261 e. The van der Waals surface area contributed by atoms with Crippen molar-refractivity contribution in [1.82, 2.24) is 14.5 Å². The van der Waals surface area contributed by atoms with Gasteiger partial charge in [0.1, 0.15) is 18.4 Å². The highest BCUT2D eigenvalue weighted by atomic mass is 32.2. The number of fused-ring (bicyclic) bond motifs is 1. The third-order valence-corrected chi connectivity index (χ3v) is 5.89. The Hall–Kier alpha value is -3.71. The zero-order chi connectivity index (χ0) is 22.0. The number of benzene rings is 2. The Balaban J connectivity index is 1.49. The van der Waals surface area contributed by atoms with E-state index in [0.29, 0.717) is 28.4 Å². The molecule has 0 radical (unpaired) electrons. The van der Waals surface area contributed by atoms with Gasteiger partial charge in [-0.15, -0.1) is 11.8 Å². The Morgan fingerprint density at radius 2 is 2.03 bits per heavy atom. The zero-order valence-corrected chi connectivity index (χ0v) is 16.9. The van der Waals surface area contributed by atoms with E-state index in [1.165, 1.54) is 35.1 Å². The Bertz CT molecular complexity index is 1270. The van der Waals surface area contributed by atoms with Crippen molar-refractivity contribution in [2.45, 2.75) is 12.6 Å². The van der Waals surface area contributed by atoms with E-state index in [1.54, 1.807) is 24.3 Å². The van der Waals surface area contributed by atoms with Crippen LogP contribution in [0.2, 0.25) is 0 Å². The van der Waals surface area contributed by atoms with E-state index in [1.807, 2.05) is 6.07 Å². The van der Waals surface area contributed by atoms with Gasteiger partial charge in [-0.25, -0.2) is 9.37 Å². The number of hydrogen-bond acceptors (Lipinski definition) is 6. The van der Waals surface area contributed by atoms with Gasteiger partial charge < -0.3 is 10.2 Å². The summed E-state index contributed by atoms with van der Waals surface area (Å²) in [6.45, 7) is -0.306. The number of aromatic nitrogens is 2. The highest BCUT2D eigenvalue weighted by Gasteiger charge is 2.34. The summed E-state index contributed by atoms with van der Waals surface area (Å²) in [5.74, 6) is -0.594. The fourth-order valence-electron chi connectivity index (χ4n) is 3.24. The van der Waals surface area contributed by atoms with Crippen LogP contribution in [0.4, 0.5) is 10.1 Å². The van der Waals surface area contributed by atoms with Crippen LogP contribution < -0.4 is 10.9 Å². The van der Waals surface area contributed by atoms with Crippen LogP contribution in [-0.2, 0) is 16.1 Å². The minimum absolute atomic E-state index is 0.0844. The number of rotatable bonds is 4. The predicted octanol–water partition coefficient (Wildman–Crippen LogP) is 1.95. The third kappa shape index (κ3) is 4.27. The van der Waals surface area contributed by atoms with Crippen LogP contribution >= 0.6 is 11.8 Å². The first-order valence-electron chi connectivity index (χ1n) is 9.29. The van der Waals surface area contributed by atoms with Gasteiger partial charge in [0.05, 0.1) is 34.7 Å². The van der Waals surface area contributed by atoms with E-state index >= 15 is 0 Å². The van der Waals surface area contributed by atoms with Gasteiger partial charge in [-0.2, -0.15) is 5.26 Å². The average molecular weight is 437 g/mol. The largest absolute Gasteiger partial charge is 0.324 e. The van der Waals surface area contributed by atoms with Gasteiger partial charge >= 0.3 is 0 Å². The number of amides is 2.